The van der Waals surface area contributed by atoms with E-state index in [0.717, 1.165) is 18.6 Å². The fourth-order valence-electron chi connectivity index (χ4n) is 2.43. The van der Waals surface area contributed by atoms with Crippen LogP contribution in [0.5, 0.6) is 11.5 Å². The third-order valence-corrected chi connectivity index (χ3v) is 4.10. The second-order valence-corrected chi connectivity index (χ2v) is 7.00. The summed E-state index contributed by atoms with van der Waals surface area (Å²) < 4.78 is 11.4. The largest absolute Gasteiger partial charge is 0.492 e. The fraction of sp³-hybridized carbons (Fsp3) is 0.381. The second-order valence-electron chi connectivity index (χ2n) is 6.56. The van der Waals surface area contributed by atoms with Gasteiger partial charge < -0.3 is 14.8 Å². The summed E-state index contributed by atoms with van der Waals surface area (Å²) in [5.74, 6) is 1.20. The van der Waals surface area contributed by atoms with E-state index in [4.69, 9.17) is 21.1 Å². The summed E-state index contributed by atoms with van der Waals surface area (Å²) in [6, 6.07) is 15.0. The van der Waals surface area contributed by atoms with Crippen molar-refractivity contribution in [3.8, 4) is 11.5 Å². The molecule has 2 rings (SSSR count). The number of amides is 1. The van der Waals surface area contributed by atoms with Gasteiger partial charge in [0.15, 0.2) is 5.60 Å². The number of benzene rings is 2. The van der Waals surface area contributed by atoms with E-state index in [0.29, 0.717) is 23.9 Å². The van der Waals surface area contributed by atoms with E-state index < -0.39 is 5.60 Å². The van der Waals surface area contributed by atoms with Gasteiger partial charge >= 0.3 is 0 Å². The van der Waals surface area contributed by atoms with Crippen LogP contribution in [0.2, 0.25) is 5.02 Å². The van der Waals surface area contributed by atoms with Crippen molar-refractivity contribution in [3.05, 3.63) is 59.1 Å². The SMILES string of the molecule is CCCc1ccc(OCCNC(=O)C(C)(C)Oc2ccc(Cl)cc2)cc1. The normalized spacial score (nSPS) is 11.1. The highest BCUT2D eigenvalue weighted by atomic mass is 35.5. The lowest BCUT2D eigenvalue weighted by Gasteiger charge is -2.25. The number of halogens is 1. The van der Waals surface area contributed by atoms with Crippen LogP contribution in [0, 0.1) is 0 Å². The van der Waals surface area contributed by atoms with Crippen molar-refractivity contribution >= 4 is 17.5 Å². The summed E-state index contributed by atoms with van der Waals surface area (Å²) >= 11 is 5.86. The molecule has 0 aliphatic rings. The van der Waals surface area contributed by atoms with Crippen molar-refractivity contribution in [3.63, 3.8) is 0 Å². The van der Waals surface area contributed by atoms with E-state index in [9.17, 15) is 4.79 Å². The van der Waals surface area contributed by atoms with Gasteiger partial charge in [-0.25, -0.2) is 0 Å². The Morgan fingerprint density at radius 3 is 2.27 bits per heavy atom. The molecule has 0 bridgehead atoms. The topological polar surface area (TPSA) is 47.6 Å². The Morgan fingerprint density at radius 2 is 1.65 bits per heavy atom. The fourth-order valence-corrected chi connectivity index (χ4v) is 2.56. The van der Waals surface area contributed by atoms with Gasteiger partial charge in [-0.1, -0.05) is 37.1 Å². The molecule has 0 spiro atoms. The van der Waals surface area contributed by atoms with Gasteiger partial charge in [0.25, 0.3) is 5.91 Å². The molecule has 0 saturated heterocycles. The monoisotopic (exact) mass is 375 g/mol. The molecule has 0 heterocycles. The molecular weight excluding hydrogens is 350 g/mol. The molecule has 140 valence electrons. The Morgan fingerprint density at radius 1 is 1.04 bits per heavy atom. The third kappa shape index (κ3) is 6.26. The lowest BCUT2D eigenvalue weighted by Crippen LogP contribution is -2.47. The average molecular weight is 376 g/mol. The summed E-state index contributed by atoms with van der Waals surface area (Å²) in [6.45, 7) is 6.42. The summed E-state index contributed by atoms with van der Waals surface area (Å²) in [6.07, 6.45) is 2.19. The van der Waals surface area contributed by atoms with Crippen molar-refractivity contribution in [1.82, 2.24) is 5.32 Å². The average Bonchev–Trinajstić information content (AvgIpc) is 2.62. The summed E-state index contributed by atoms with van der Waals surface area (Å²) in [7, 11) is 0. The Kier molecular flexibility index (Phi) is 7.34. The molecule has 0 radical (unpaired) electrons. The standard InChI is InChI=1S/C21H26ClNO3/c1-4-5-16-6-10-18(11-7-16)25-15-14-23-20(24)21(2,3)26-19-12-8-17(22)9-13-19/h6-13H,4-5,14-15H2,1-3H3,(H,23,24). The van der Waals surface area contributed by atoms with Crippen molar-refractivity contribution in [2.45, 2.75) is 39.2 Å². The number of carbonyl (C=O) groups excluding carboxylic acids is 1. The van der Waals surface area contributed by atoms with E-state index >= 15 is 0 Å². The van der Waals surface area contributed by atoms with Crippen LogP contribution in [0.1, 0.15) is 32.8 Å². The first-order valence-corrected chi connectivity index (χ1v) is 9.23. The van der Waals surface area contributed by atoms with Crippen LogP contribution in [-0.4, -0.2) is 24.7 Å². The van der Waals surface area contributed by atoms with Gasteiger partial charge in [0, 0.05) is 5.02 Å². The number of rotatable bonds is 9. The lowest BCUT2D eigenvalue weighted by atomic mass is 10.1. The van der Waals surface area contributed by atoms with Crippen LogP contribution in [-0.2, 0) is 11.2 Å². The number of hydrogen-bond acceptors (Lipinski definition) is 3. The smallest absolute Gasteiger partial charge is 0.263 e. The zero-order valence-electron chi connectivity index (χ0n) is 15.5. The third-order valence-electron chi connectivity index (χ3n) is 3.85. The predicted molar refractivity (Wildman–Crippen MR) is 105 cm³/mol. The molecule has 0 saturated carbocycles. The van der Waals surface area contributed by atoms with Gasteiger partial charge in [0.1, 0.15) is 18.1 Å². The number of nitrogens with one attached hydrogen (secondary N) is 1. The van der Waals surface area contributed by atoms with E-state index in [1.54, 1.807) is 38.1 Å². The predicted octanol–water partition coefficient (Wildman–Crippen LogP) is 4.65. The number of hydrogen-bond donors (Lipinski definition) is 1. The van der Waals surface area contributed by atoms with Crippen LogP contribution >= 0.6 is 11.6 Å². The molecule has 5 heteroatoms. The molecule has 0 aliphatic carbocycles. The van der Waals surface area contributed by atoms with Gasteiger partial charge in [-0.2, -0.15) is 0 Å². The quantitative estimate of drug-likeness (QED) is 0.649. The Balaban J connectivity index is 1.75. The minimum atomic E-state index is -0.990. The molecule has 4 nitrogen and oxygen atoms in total. The molecule has 0 unspecified atom stereocenters. The van der Waals surface area contributed by atoms with Crippen molar-refractivity contribution in [2.24, 2.45) is 0 Å². The first-order chi connectivity index (χ1) is 12.4. The van der Waals surface area contributed by atoms with Gasteiger partial charge in [-0.3, -0.25) is 4.79 Å². The number of aryl methyl sites for hydroxylation is 1. The van der Waals surface area contributed by atoms with Crippen LogP contribution in [0.3, 0.4) is 0 Å². The molecule has 2 aromatic rings. The van der Waals surface area contributed by atoms with E-state index in [1.165, 1.54) is 5.56 Å². The minimum absolute atomic E-state index is 0.200. The van der Waals surface area contributed by atoms with Gasteiger partial charge in [0.2, 0.25) is 0 Å². The lowest BCUT2D eigenvalue weighted by molar-refractivity contribution is -0.134. The molecule has 26 heavy (non-hydrogen) atoms. The highest BCUT2D eigenvalue weighted by molar-refractivity contribution is 6.30. The second kappa shape index (κ2) is 9.48. The minimum Gasteiger partial charge on any atom is -0.492 e. The zero-order valence-corrected chi connectivity index (χ0v) is 16.3. The molecule has 2 aromatic carbocycles. The van der Waals surface area contributed by atoms with Gasteiger partial charge in [0.05, 0.1) is 6.54 Å². The highest BCUT2D eigenvalue weighted by Gasteiger charge is 2.29. The molecule has 0 aliphatic heterocycles. The van der Waals surface area contributed by atoms with E-state index in [1.807, 2.05) is 12.1 Å². The zero-order chi connectivity index (χ0) is 19.0. The summed E-state index contributed by atoms with van der Waals surface area (Å²) in [5, 5.41) is 3.47. The van der Waals surface area contributed by atoms with Crippen molar-refractivity contribution < 1.29 is 14.3 Å². The molecule has 0 aromatic heterocycles. The van der Waals surface area contributed by atoms with Crippen molar-refractivity contribution in [1.29, 1.82) is 0 Å². The van der Waals surface area contributed by atoms with Crippen molar-refractivity contribution in [2.75, 3.05) is 13.2 Å². The molecule has 0 atom stereocenters. The van der Waals surface area contributed by atoms with E-state index in [-0.39, 0.29) is 5.91 Å². The Labute approximate surface area is 160 Å². The first kappa shape index (κ1) is 20.1. The maximum Gasteiger partial charge on any atom is 0.263 e. The van der Waals surface area contributed by atoms with Gasteiger partial charge in [-0.15, -0.1) is 0 Å². The molecule has 0 fully saturated rings. The van der Waals surface area contributed by atoms with Crippen LogP contribution in [0.25, 0.3) is 0 Å². The molecule has 1 amide bonds. The number of carbonyl (C=O) groups is 1. The Bertz CT molecular complexity index is 696. The summed E-state index contributed by atoms with van der Waals surface area (Å²) in [4.78, 5) is 12.3. The highest BCUT2D eigenvalue weighted by Crippen LogP contribution is 2.21. The number of ether oxygens (including phenoxy) is 2. The van der Waals surface area contributed by atoms with Crippen LogP contribution < -0.4 is 14.8 Å². The van der Waals surface area contributed by atoms with Crippen LogP contribution in [0.15, 0.2) is 48.5 Å². The Hall–Kier alpha value is -2.20. The summed E-state index contributed by atoms with van der Waals surface area (Å²) in [5.41, 5.74) is 0.310. The maximum absolute atomic E-state index is 12.3. The maximum atomic E-state index is 12.3. The molecular formula is C21H26ClNO3. The first-order valence-electron chi connectivity index (χ1n) is 8.85. The van der Waals surface area contributed by atoms with Gasteiger partial charge in [-0.05, 0) is 62.2 Å². The molecule has 1 N–H and O–H groups in total. The van der Waals surface area contributed by atoms with E-state index in [2.05, 4.69) is 24.4 Å². The van der Waals surface area contributed by atoms with Crippen LogP contribution in [0.4, 0.5) is 0 Å².